The summed E-state index contributed by atoms with van der Waals surface area (Å²) in [5, 5.41) is 13.5. The number of carbonyl (C=O) groups excluding carboxylic acids is 1. The molecule has 156 valence electrons. The number of piperazine rings is 1. The normalized spacial score (nSPS) is 29.7. The average molecular weight is 392 g/mol. The number of anilines is 1. The third-order valence-corrected chi connectivity index (χ3v) is 6.67. The molecule has 0 saturated carbocycles. The summed E-state index contributed by atoms with van der Waals surface area (Å²) in [5.74, 6) is -0.849. The number of carbonyl (C=O) groups is 1. The molecule has 2 fully saturated rings. The number of nitrogens with one attached hydrogen (secondary N) is 1. The van der Waals surface area contributed by atoms with Gasteiger partial charge < -0.3 is 15.3 Å². The van der Waals surface area contributed by atoms with Crippen molar-refractivity contribution >= 4 is 11.6 Å². The lowest BCUT2D eigenvalue weighted by molar-refractivity contribution is -0.134. The maximum Gasteiger partial charge on any atom is 0.223 e. The van der Waals surface area contributed by atoms with Gasteiger partial charge in [-0.25, -0.2) is 4.39 Å². The lowest BCUT2D eigenvalue weighted by Gasteiger charge is -2.44. The molecule has 2 aliphatic rings. The first-order valence-corrected chi connectivity index (χ1v) is 10.3. The van der Waals surface area contributed by atoms with Gasteiger partial charge >= 0.3 is 0 Å². The summed E-state index contributed by atoms with van der Waals surface area (Å²) in [6.07, 6.45) is 1.16. The van der Waals surface area contributed by atoms with Crippen molar-refractivity contribution in [1.29, 1.82) is 0 Å². The number of likely N-dealkylation sites (N-methyl/N-ethyl adjacent to an activating group) is 1. The van der Waals surface area contributed by atoms with Crippen LogP contribution in [0.25, 0.3) is 0 Å². The van der Waals surface area contributed by atoms with Crippen molar-refractivity contribution in [2.45, 2.75) is 58.2 Å². The van der Waals surface area contributed by atoms with Crippen LogP contribution in [0.4, 0.5) is 10.1 Å². The van der Waals surface area contributed by atoms with Crippen molar-refractivity contribution in [2.24, 2.45) is 11.8 Å². The fourth-order valence-corrected chi connectivity index (χ4v) is 4.81. The topological polar surface area (TPSA) is 55.8 Å². The molecule has 1 aromatic rings. The monoisotopic (exact) mass is 391 g/mol. The van der Waals surface area contributed by atoms with Gasteiger partial charge in [0.1, 0.15) is 5.82 Å². The van der Waals surface area contributed by atoms with Crippen molar-refractivity contribution < 1.29 is 14.3 Å². The van der Waals surface area contributed by atoms with Crippen molar-refractivity contribution in [3.63, 3.8) is 0 Å². The zero-order valence-corrected chi connectivity index (χ0v) is 17.7. The van der Waals surface area contributed by atoms with E-state index in [-0.39, 0.29) is 23.6 Å². The number of amides is 1. The first-order chi connectivity index (χ1) is 13.1. The minimum absolute atomic E-state index is 0.0475. The number of nitrogens with zero attached hydrogens (tertiary/aromatic N) is 2. The molecule has 0 bridgehead atoms. The first-order valence-electron chi connectivity index (χ1n) is 10.3. The van der Waals surface area contributed by atoms with Crippen LogP contribution >= 0.6 is 0 Å². The van der Waals surface area contributed by atoms with Gasteiger partial charge in [0.2, 0.25) is 5.91 Å². The highest BCUT2D eigenvalue weighted by atomic mass is 19.1. The number of rotatable bonds is 4. The number of piperidine rings is 1. The number of halogens is 1. The van der Waals surface area contributed by atoms with Crippen LogP contribution in [0, 0.1) is 17.7 Å². The maximum atomic E-state index is 14.1. The Morgan fingerprint density at radius 1 is 1.25 bits per heavy atom. The summed E-state index contributed by atoms with van der Waals surface area (Å²) in [5.41, 5.74) is 0.897. The third-order valence-electron chi connectivity index (χ3n) is 6.67. The maximum absolute atomic E-state index is 14.1. The molecule has 1 aromatic carbocycles. The molecule has 4 unspecified atom stereocenters. The van der Waals surface area contributed by atoms with Crippen LogP contribution in [0.5, 0.6) is 0 Å². The van der Waals surface area contributed by atoms with Gasteiger partial charge in [0, 0.05) is 49.2 Å². The van der Waals surface area contributed by atoms with Gasteiger partial charge in [0.05, 0.1) is 5.60 Å². The largest absolute Gasteiger partial charge is 0.390 e. The van der Waals surface area contributed by atoms with Gasteiger partial charge in [-0.3, -0.25) is 9.69 Å². The molecule has 0 aromatic heterocycles. The SMILES string of the molecule is CC1CN(c2ccc(F)cc2CC2C(=O)NCCC2C(C)(C)O)CC(C)N1C. The van der Waals surface area contributed by atoms with E-state index in [4.69, 9.17) is 0 Å². The molecular weight excluding hydrogens is 357 g/mol. The molecule has 5 nitrogen and oxygen atoms in total. The van der Waals surface area contributed by atoms with E-state index in [0.717, 1.165) is 30.8 Å². The van der Waals surface area contributed by atoms with Crippen LogP contribution in [-0.4, -0.2) is 60.3 Å². The third kappa shape index (κ3) is 4.33. The molecule has 2 N–H and O–H groups in total. The molecule has 0 radical (unpaired) electrons. The Balaban J connectivity index is 1.91. The van der Waals surface area contributed by atoms with Crippen LogP contribution in [0.2, 0.25) is 0 Å². The molecule has 2 saturated heterocycles. The number of hydrogen-bond donors (Lipinski definition) is 2. The summed E-state index contributed by atoms with van der Waals surface area (Å²) >= 11 is 0. The molecule has 0 spiro atoms. The second kappa shape index (κ2) is 7.99. The fourth-order valence-electron chi connectivity index (χ4n) is 4.81. The van der Waals surface area contributed by atoms with Crippen molar-refractivity contribution in [1.82, 2.24) is 10.2 Å². The highest BCUT2D eigenvalue weighted by molar-refractivity contribution is 5.80. The molecule has 2 heterocycles. The second-order valence-corrected chi connectivity index (χ2v) is 9.19. The zero-order valence-electron chi connectivity index (χ0n) is 17.7. The van der Waals surface area contributed by atoms with E-state index in [2.05, 4.69) is 36.0 Å². The van der Waals surface area contributed by atoms with Gasteiger partial charge in [-0.15, -0.1) is 0 Å². The van der Waals surface area contributed by atoms with E-state index in [1.54, 1.807) is 19.9 Å². The van der Waals surface area contributed by atoms with Gasteiger partial charge in [-0.05, 0) is 71.3 Å². The fraction of sp³-hybridized carbons (Fsp3) is 0.682. The summed E-state index contributed by atoms with van der Waals surface area (Å²) in [4.78, 5) is 17.3. The Morgan fingerprint density at radius 3 is 2.50 bits per heavy atom. The summed E-state index contributed by atoms with van der Waals surface area (Å²) < 4.78 is 14.1. The van der Waals surface area contributed by atoms with E-state index in [1.807, 2.05) is 6.07 Å². The minimum Gasteiger partial charge on any atom is -0.390 e. The molecule has 2 aliphatic heterocycles. The van der Waals surface area contributed by atoms with Crippen LogP contribution in [0.1, 0.15) is 39.7 Å². The zero-order chi connectivity index (χ0) is 20.6. The predicted molar refractivity (Wildman–Crippen MR) is 110 cm³/mol. The standard InChI is InChI=1S/C22H34FN3O2/c1-14-12-26(13-15(2)25(14)5)20-7-6-17(23)10-16(20)11-18-19(22(3,4)28)8-9-24-21(18)27/h6-7,10,14-15,18-19,28H,8-9,11-13H2,1-5H3,(H,24,27). The van der Waals surface area contributed by atoms with Crippen molar-refractivity contribution in [2.75, 3.05) is 31.6 Å². The van der Waals surface area contributed by atoms with Crippen LogP contribution in [0.15, 0.2) is 18.2 Å². The van der Waals surface area contributed by atoms with Crippen molar-refractivity contribution in [3.05, 3.63) is 29.6 Å². The predicted octanol–water partition coefficient (Wildman–Crippen LogP) is 2.42. The highest BCUT2D eigenvalue weighted by Crippen LogP contribution is 2.36. The van der Waals surface area contributed by atoms with E-state index < -0.39 is 5.60 Å². The molecule has 1 amide bonds. The van der Waals surface area contributed by atoms with Gasteiger partial charge in [0.25, 0.3) is 0 Å². The lowest BCUT2D eigenvalue weighted by Crippen LogP contribution is -2.55. The first kappa shape index (κ1) is 21.1. The molecule has 6 heteroatoms. The lowest BCUT2D eigenvalue weighted by atomic mass is 9.73. The van der Waals surface area contributed by atoms with Crippen LogP contribution in [0.3, 0.4) is 0 Å². The number of benzene rings is 1. The summed E-state index contributed by atoms with van der Waals surface area (Å²) in [6.45, 7) is 10.2. The van der Waals surface area contributed by atoms with Crippen LogP contribution in [-0.2, 0) is 11.2 Å². The van der Waals surface area contributed by atoms with E-state index in [0.29, 0.717) is 25.0 Å². The Hall–Kier alpha value is -1.66. The Morgan fingerprint density at radius 2 is 1.89 bits per heavy atom. The van der Waals surface area contributed by atoms with Gasteiger partial charge in [-0.1, -0.05) is 0 Å². The molecule has 4 atom stereocenters. The second-order valence-electron chi connectivity index (χ2n) is 9.19. The van der Waals surface area contributed by atoms with Crippen LogP contribution < -0.4 is 10.2 Å². The average Bonchev–Trinajstić information content (AvgIpc) is 2.60. The Labute approximate surface area is 167 Å². The van der Waals surface area contributed by atoms with Gasteiger partial charge in [0.15, 0.2) is 0 Å². The van der Waals surface area contributed by atoms with E-state index >= 15 is 0 Å². The number of hydrogen-bond acceptors (Lipinski definition) is 4. The summed E-state index contributed by atoms with van der Waals surface area (Å²) in [6, 6.07) is 5.69. The Kier molecular flexibility index (Phi) is 6.01. The van der Waals surface area contributed by atoms with Crippen molar-refractivity contribution in [3.8, 4) is 0 Å². The van der Waals surface area contributed by atoms with E-state index in [1.165, 1.54) is 6.07 Å². The quantitative estimate of drug-likeness (QED) is 0.828. The smallest absolute Gasteiger partial charge is 0.223 e. The molecule has 3 rings (SSSR count). The highest BCUT2D eigenvalue weighted by Gasteiger charge is 2.41. The van der Waals surface area contributed by atoms with E-state index in [9.17, 15) is 14.3 Å². The van der Waals surface area contributed by atoms with Gasteiger partial charge in [-0.2, -0.15) is 0 Å². The molecule has 0 aliphatic carbocycles. The number of aliphatic hydroxyl groups is 1. The minimum atomic E-state index is -0.952. The Bertz CT molecular complexity index is 706. The summed E-state index contributed by atoms with van der Waals surface area (Å²) in [7, 11) is 2.14. The molecule has 28 heavy (non-hydrogen) atoms. The molecular formula is C22H34FN3O2.